The minimum atomic E-state index is -0.435. The van der Waals surface area contributed by atoms with Gasteiger partial charge in [0, 0.05) is 31.7 Å². The molecule has 1 aromatic heterocycles. The lowest BCUT2D eigenvalue weighted by molar-refractivity contribution is -0.131. The van der Waals surface area contributed by atoms with E-state index in [1.807, 2.05) is 38.1 Å². The Morgan fingerprint density at radius 2 is 1.73 bits per heavy atom. The Morgan fingerprint density at radius 1 is 1.03 bits per heavy atom. The molecule has 7 nitrogen and oxygen atoms in total. The second kappa shape index (κ2) is 9.85. The summed E-state index contributed by atoms with van der Waals surface area (Å²) in [6, 6.07) is 13.1. The molecule has 8 heteroatoms. The van der Waals surface area contributed by atoms with E-state index < -0.39 is 5.82 Å². The highest BCUT2D eigenvalue weighted by molar-refractivity contribution is 5.94. The molecule has 1 fully saturated rings. The number of halogens is 1. The second-order valence-electron chi connectivity index (χ2n) is 8.10. The van der Waals surface area contributed by atoms with Gasteiger partial charge in [-0.1, -0.05) is 23.4 Å². The molecule has 4 rings (SSSR count). The first-order valence-electron chi connectivity index (χ1n) is 10.9. The molecule has 1 aliphatic rings. The second-order valence-corrected chi connectivity index (χ2v) is 8.10. The Hall–Kier alpha value is -3.68. The fourth-order valence-corrected chi connectivity index (χ4v) is 3.82. The third kappa shape index (κ3) is 5.39. The van der Waals surface area contributed by atoms with Crippen LogP contribution in [0.4, 0.5) is 4.39 Å². The summed E-state index contributed by atoms with van der Waals surface area (Å²) in [6.45, 7) is 5.87. The molecular weight excluding hydrogens is 425 g/mol. The number of rotatable bonds is 6. The predicted octanol–water partition coefficient (Wildman–Crippen LogP) is 3.54. The van der Waals surface area contributed by atoms with E-state index in [0.29, 0.717) is 44.1 Å². The molecule has 2 heterocycles. The lowest BCUT2D eigenvalue weighted by Crippen LogP contribution is -2.51. The quantitative estimate of drug-likeness (QED) is 0.573. The molecule has 2 aromatic carbocycles. The first kappa shape index (κ1) is 22.5. The third-order valence-electron chi connectivity index (χ3n) is 5.83. The van der Waals surface area contributed by atoms with E-state index in [4.69, 9.17) is 9.26 Å². The van der Waals surface area contributed by atoms with Gasteiger partial charge in [0.05, 0.1) is 17.7 Å². The van der Waals surface area contributed by atoms with Gasteiger partial charge in [-0.05, 0) is 49.7 Å². The van der Waals surface area contributed by atoms with Gasteiger partial charge in [0.2, 0.25) is 5.91 Å². The van der Waals surface area contributed by atoms with Crippen molar-refractivity contribution in [3.8, 4) is 5.75 Å². The van der Waals surface area contributed by atoms with Gasteiger partial charge in [-0.3, -0.25) is 9.59 Å². The van der Waals surface area contributed by atoms with Gasteiger partial charge in [-0.2, -0.15) is 0 Å². The van der Waals surface area contributed by atoms with Crippen LogP contribution >= 0.6 is 0 Å². The van der Waals surface area contributed by atoms with Crippen LogP contribution in [0.1, 0.15) is 32.9 Å². The van der Waals surface area contributed by atoms with Crippen LogP contribution in [0.2, 0.25) is 0 Å². The molecule has 1 aliphatic heterocycles. The maximum atomic E-state index is 13.4. The highest BCUT2D eigenvalue weighted by atomic mass is 19.1. The molecule has 0 bridgehead atoms. The van der Waals surface area contributed by atoms with Crippen molar-refractivity contribution in [3.05, 3.63) is 82.5 Å². The maximum Gasteiger partial charge on any atom is 0.254 e. The summed E-state index contributed by atoms with van der Waals surface area (Å²) in [7, 11) is 0. The number of nitrogens with zero attached hydrogens (tertiary/aromatic N) is 3. The van der Waals surface area contributed by atoms with Crippen LogP contribution in [0.15, 0.2) is 53.1 Å². The van der Waals surface area contributed by atoms with Gasteiger partial charge in [0.1, 0.15) is 23.9 Å². The van der Waals surface area contributed by atoms with Crippen molar-refractivity contribution < 1.29 is 23.2 Å². The first-order chi connectivity index (χ1) is 15.9. The summed E-state index contributed by atoms with van der Waals surface area (Å²) in [5, 5.41) is 3.92. The van der Waals surface area contributed by atoms with Crippen molar-refractivity contribution in [1.29, 1.82) is 0 Å². The minimum Gasteiger partial charge on any atom is -0.489 e. The number of hydrogen-bond donors (Lipinski definition) is 0. The largest absolute Gasteiger partial charge is 0.489 e. The minimum absolute atomic E-state index is 0.0113. The summed E-state index contributed by atoms with van der Waals surface area (Å²) in [6.07, 6.45) is 0.280. The van der Waals surface area contributed by atoms with Crippen molar-refractivity contribution in [2.75, 3.05) is 26.2 Å². The average Bonchev–Trinajstić information content (AvgIpc) is 3.15. The zero-order valence-corrected chi connectivity index (χ0v) is 18.7. The summed E-state index contributed by atoms with van der Waals surface area (Å²) >= 11 is 0. The molecule has 0 unspecified atom stereocenters. The summed E-state index contributed by atoms with van der Waals surface area (Å²) in [5.74, 6) is 0.809. The van der Waals surface area contributed by atoms with Crippen molar-refractivity contribution in [2.24, 2.45) is 0 Å². The standard InChI is InChI=1S/C25H26FN3O4/c1-17-23(18(2)33-27-17)16-32-22-8-6-19(7-9-22)14-24(30)28-10-12-29(13-11-28)25(31)20-4-3-5-21(26)15-20/h3-9,15H,10-14,16H2,1-2H3. The molecule has 33 heavy (non-hydrogen) atoms. The lowest BCUT2D eigenvalue weighted by Gasteiger charge is -2.35. The van der Waals surface area contributed by atoms with Gasteiger partial charge in [0.15, 0.2) is 0 Å². The zero-order chi connectivity index (χ0) is 23.4. The molecule has 0 saturated carbocycles. The van der Waals surface area contributed by atoms with E-state index in [2.05, 4.69) is 5.16 Å². The fraction of sp³-hybridized carbons (Fsp3) is 0.320. The van der Waals surface area contributed by atoms with Crippen LogP contribution in [0.3, 0.4) is 0 Å². The Kier molecular flexibility index (Phi) is 6.72. The number of aromatic nitrogens is 1. The number of piperazine rings is 1. The van der Waals surface area contributed by atoms with Gasteiger partial charge in [-0.15, -0.1) is 0 Å². The number of carbonyl (C=O) groups excluding carboxylic acids is 2. The molecule has 0 N–H and O–H groups in total. The fourth-order valence-electron chi connectivity index (χ4n) is 3.82. The highest BCUT2D eigenvalue weighted by Crippen LogP contribution is 2.19. The third-order valence-corrected chi connectivity index (χ3v) is 5.83. The van der Waals surface area contributed by atoms with E-state index in [0.717, 1.165) is 22.6 Å². The van der Waals surface area contributed by atoms with Gasteiger partial charge < -0.3 is 19.1 Å². The Balaban J connectivity index is 1.26. The number of carbonyl (C=O) groups is 2. The lowest BCUT2D eigenvalue weighted by atomic mass is 10.1. The van der Waals surface area contributed by atoms with Crippen LogP contribution < -0.4 is 4.74 Å². The summed E-state index contributed by atoms with van der Waals surface area (Å²) in [4.78, 5) is 28.7. The molecule has 0 radical (unpaired) electrons. The number of hydrogen-bond acceptors (Lipinski definition) is 5. The molecule has 0 spiro atoms. The van der Waals surface area contributed by atoms with Gasteiger partial charge in [0.25, 0.3) is 5.91 Å². The molecule has 0 aliphatic carbocycles. The van der Waals surface area contributed by atoms with Crippen LogP contribution in [0, 0.1) is 19.7 Å². The van der Waals surface area contributed by atoms with Crippen molar-refractivity contribution in [3.63, 3.8) is 0 Å². The SMILES string of the molecule is Cc1noc(C)c1COc1ccc(CC(=O)N2CCN(C(=O)c3cccc(F)c3)CC2)cc1. The topological polar surface area (TPSA) is 75.9 Å². The van der Waals surface area contributed by atoms with E-state index in [1.54, 1.807) is 15.9 Å². The van der Waals surface area contributed by atoms with Gasteiger partial charge >= 0.3 is 0 Å². The summed E-state index contributed by atoms with van der Waals surface area (Å²) in [5.41, 5.74) is 2.96. The van der Waals surface area contributed by atoms with Crippen LogP contribution in [0.5, 0.6) is 5.75 Å². The Bertz CT molecular complexity index is 1120. The first-order valence-corrected chi connectivity index (χ1v) is 10.9. The Morgan fingerprint density at radius 3 is 2.36 bits per heavy atom. The van der Waals surface area contributed by atoms with E-state index >= 15 is 0 Å². The van der Waals surface area contributed by atoms with Crippen LogP contribution in [-0.2, 0) is 17.8 Å². The molecule has 1 saturated heterocycles. The normalized spacial score (nSPS) is 13.8. The zero-order valence-electron chi connectivity index (χ0n) is 18.7. The summed E-state index contributed by atoms with van der Waals surface area (Å²) < 4.78 is 24.3. The highest BCUT2D eigenvalue weighted by Gasteiger charge is 2.25. The predicted molar refractivity (Wildman–Crippen MR) is 119 cm³/mol. The van der Waals surface area contributed by atoms with E-state index in [-0.39, 0.29) is 18.2 Å². The molecule has 3 aromatic rings. The average molecular weight is 451 g/mol. The van der Waals surface area contributed by atoms with E-state index in [9.17, 15) is 14.0 Å². The van der Waals surface area contributed by atoms with Crippen molar-refractivity contribution in [2.45, 2.75) is 26.9 Å². The van der Waals surface area contributed by atoms with Crippen LogP contribution in [-0.4, -0.2) is 52.9 Å². The number of aryl methyl sites for hydroxylation is 2. The number of benzene rings is 2. The molecule has 172 valence electrons. The van der Waals surface area contributed by atoms with Gasteiger partial charge in [-0.25, -0.2) is 4.39 Å². The number of amides is 2. The molecular formula is C25H26FN3O4. The smallest absolute Gasteiger partial charge is 0.254 e. The molecule has 2 amide bonds. The van der Waals surface area contributed by atoms with Crippen LogP contribution in [0.25, 0.3) is 0 Å². The van der Waals surface area contributed by atoms with Crippen molar-refractivity contribution in [1.82, 2.24) is 15.0 Å². The molecule has 0 atom stereocenters. The van der Waals surface area contributed by atoms with E-state index in [1.165, 1.54) is 18.2 Å². The maximum absolute atomic E-state index is 13.4. The van der Waals surface area contributed by atoms with Crippen molar-refractivity contribution >= 4 is 11.8 Å². The monoisotopic (exact) mass is 451 g/mol. The Labute approximate surface area is 191 Å². The number of ether oxygens (including phenoxy) is 1.